The van der Waals surface area contributed by atoms with Crippen LogP contribution in [0, 0.1) is 13.8 Å². The van der Waals surface area contributed by atoms with Gasteiger partial charge in [0, 0.05) is 0 Å². The molecule has 0 spiro atoms. The zero-order valence-corrected chi connectivity index (χ0v) is 28.7. The zero-order valence-electron chi connectivity index (χ0n) is 24.7. The van der Waals surface area contributed by atoms with Crippen molar-refractivity contribution in [2.45, 2.75) is 74.0 Å². The van der Waals surface area contributed by atoms with Crippen LogP contribution in [0.2, 0.25) is 33.8 Å². The first-order valence-electron chi connectivity index (χ1n) is 13.8. The summed E-state index contributed by atoms with van der Waals surface area (Å²) in [6.45, 7) is 19.3. The van der Waals surface area contributed by atoms with Crippen molar-refractivity contribution in [3.63, 3.8) is 0 Å². The van der Waals surface area contributed by atoms with E-state index in [0.29, 0.717) is 5.54 Å². The van der Waals surface area contributed by atoms with Crippen LogP contribution in [0.1, 0.15) is 48.6 Å². The van der Waals surface area contributed by atoms with Crippen LogP contribution in [0.3, 0.4) is 0 Å². The molecule has 2 unspecified atom stereocenters. The monoisotopic (exact) mass is 557 g/mol. The van der Waals surface area contributed by atoms with Crippen LogP contribution < -0.4 is 10.4 Å². The second-order valence-electron chi connectivity index (χ2n) is 12.5. The van der Waals surface area contributed by atoms with Crippen molar-refractivity contribution >= 4 is 33.5 Å². The summed E-state index contributed by atoms with van der Waals surface area (Å²) in [5.74, 6) is 0. The normalized spacial score (nSPS) is 19.3. The van der Waals surface area contributed by atoms with Gasteiger partial charge in [0.1, 0.15) is 0 Å². The summed E-state index contributed by atoms with van der Waals surface area (Å²) in [6, 6.07) is 28.6. The van der Waals surface area contributed by atoms with Crippen molar-refractivity contribution in [3.05, 3.63) is 112 Å². The number of allylic oxidation sites excluding steroid dienone is 4. The summed E-state index contributed by atoms with van der Waals surface area (Å²) < 4.78 is 0.153. The summed E-state index contributed by atoms with van der Waals surface area (Å²) in [5.41, 5.74) is 12.7. The SMILES string of the molecule is CC1=C(C)[C](C([SiH2]c2cc(C)cc([Si](C)(C)C)c2)c2ccc(C)cc2)([Ti]([CH3])[CH3])C(c2ccccc2)=C1C. The summed E-state index contributed by atoms with van der Waals surface area (Å²) >= 11 is -1.58. The molecule has 0 radical (unpaired) electrons. The van der Waals surface area contributed by atoms with Gasteiger partial charge < -0.3 is 0 Å². The molecule has 0 heterocycles. The molecule has 0 amide bonds. The standard InChI is InChI=1S/C32H39Si2.2CH3.Ti/c1-21-14-16-27(17-15-21)32(33-28-18-22(2)19-29(20-28)34(6,7)8)31-25(5)23(3)24(4)30(31)26-12-10-9-11-13-26;;;/h9-20,32H,33H2,1-8H3;2*1H3;. The molecule has 3 aromatic carbocycles. The molecule has 1 aliphatic rings. The van der Waals surface area contributed by atoms with Crippen LogP contribution in [-0.4, -0.2) is 17.6 Å². The number of rotatable bonds is 7. The van der Waals surface area contributed by atoms with E-state index in [1.54, 1.807) is 27.1 Å². The maximum atomic E-state index is 2.64. The van der Waals surface area contributed by atoms with Crippen molar-refractivity contribution in [3.8, 4) is 0 Å². The Bertz CT molecular complexity index is 1340. The molecule has 3 heteroatoms. The second kappa shape index (κ2) is 10.8. The third-order valence-electron chi connectivity index (χ3n) is 8.78. The molecule has 0 N–H and O–H groups in total. The zero-order chi connectivity index (χ0) is 27.1. The molecule has 0 saturated heterocycles. The Morgan fingerprint density at radius 3 is 1.92 bits per heavy atom. The van der Waals surface area contributed by atoms with Crippen LogP contribution in [0.25, 0.3) is 5.57 Å². The Morgan fingerprint density at radius 2 is 1.35 bits per heavy atom. The van der Waals surface area contributed by atoms with Crippen molar-refractivity contribution in [2.75, 3.05) is 0 Å². The Hall–Kier alpha value is -1.71. The quantitative estimate of drug-likeness (QED) is 0.258. The first-order valence-corrected chi connectivity index (χ1v) is 22.7. The Morgan fingerprint density at radius 1 is 0.730 bits per heavy atom. The summed E-state index contributed by atoms with van der Waals surface area (Å²) in [7, 11) is -2.05. The summed E-state index contributed by atoms with van der Waals surface area (Å²) in [4.78, 5) is 0. The van der Waals surface area contributed by atoms with E-state index in [4.69, 9.17) is 0 Å². The molecule has 0 aromatic heterocycles. The minimum atomic E-state index is -1.58. The van der Waals surface area contributed by atoms with Crippen LogP contribution in [0.4, 0.5) is 0 Å². The van der Waals surface area contributed by atoms with Gasteiger partial charge in [0.2, 0.25) is 0 Å². The summed E-state index contributed by atoms with van der Waals surface area (Å²) in [6.07, 6.45) is 0. The molecule has 4 rings (SSSR count). The van der Waals surface area contributed by atoms with Crippen LogP contribution in [0.5, 0.6) is 0 Å². The predicted molar refractivity (Wildman–Crippen MR) is 168 cm³/mol. The Labute approximate surface area is 236 Å². The molecule has 0 bridgehead atoms. The van der Waals surface area contributed by atoms with Gasteiger partial charge in [-0.15, -0.1) is 0 Å². The van der Waals surface area contributed by atoms with Crippen LogP contribution in [-0.2, 0) is 17.9 Å². The van der Waals surface area contributed by atoms with Gasteiger partial charge in [-0.25, -0.2) is 0 Å². The molecule has 3 aromatic rings. The molecule has 37 heavy (non-hydrogen) atoms. The fourth-order valence-corrected chi connectivity index (χ4v) is 17.0. The van der Waals surface area contributed by atoms with E-state index in [-0.39, 0.29) is 3.72 Å². The molecule has 193 valence electrons. The van der Waals surface area contributed by atoms with E-state index in [0.717, 1.165) is 0 Å². The second-order valence-corrected chi connectivity index (χ2v) is 24.0. The average Bonchev–Trinajstić information content (AvgIpc) is 3.04. The van der Waals surface area contributed by atoms with Gasteiger partial charge in [-0.1, -0.05) is 0 Å². The first-order chi connectivity index (χ1) is 17.4. The van der Waals surface area contributed by atoms with E-state index < -0.39 is 35.5 Å². The number of aryl methyl sites for hydroxylation is 2. The van der Waals surface area contributed by atoms with Gasteiger partial charge in [0.05, 0.1) is 0 Å². The van der Waals surface area contributed by atoms with Crippen LogP contribution in [0.15, 0.2) is 89.5 Å². The van der Waals surface area contributed by atoms with Crippen molar-refractivity contribution in [1.29, 1.82) is 0 Å². The molecule has 0 nitrogen and oxygen atoms in total. The van der Waals surface area contributed by atoms with Gasteiger partial charge in [-0.05, 0) is 0 Å². The van der Waals surface area contributed by atoms with Crippen molar-refractivity contribution in [2.24, 2.45) is 0 Å². The molecule has 1 aliphatic carbocycles. The topological polar surface area (TPSA) is 0 Å². The maximum absolute atomic E-state index is 2.64. The molecule has 0 fully saturated rings. The fraction of sp³-hybridized carbons (Fsp3) is 0.353. The average molecular weight is 558 g/mol. The van der Waals surface area contributed by atoms with Crippen LogP contribution >= 0.6 is 0 Å². The molecule has 0 aliphatic heterocycles. The van der Waals surface area contributed by atoms with E-state index in [1.807, 2.05) is 0 Å². The van der Waals surface area contributed by atoms with E-state index in [9.17, 15) is 0 Å². The Balaban J connectivity index is 2.01. The third kappa shape index (κ3) is 5.28. The number of hydrogen-bond acceptors (Lipinski definition) is 0. The van der Waals surface area contributed by atoms with Gasteiger partial charge in [-0.2, -0.15) is 0 Å². The van der Waals surface area contributed by atoms with Gasteiger partial charge in [0.15, 0.2) is 0 Å². The van der Waals surface area contributed by atoms with E-state index >= 15 is 0 Å². The fourth-order valence-electron chi connectivity index (χ4n) is 6.67. The van der Waals surface area contributed by atoms with Crippen molar-refractivity contribution < 1.29 is 17.9 Å². The first kappa shape index (κ1) is 28.3. The third-order valence-corrected chi connectivity index (χ3v) is 17.8. The van der Waals surface area contributed by atoms with Gasteiger partial charge in [0.25, 0.3) is 0 Å². The van der Waals surface area contributed by atoms with E-state index in [1.165, 1.54) is 27.8 Å². The molecule has 2 atom stereocenters. The van der Waals surface area contributed by atoms with Gasteiger partial charge >= 0.3 is 237 Å². The summed E-state index contributed by atoms with van der Waals surface area (Å²) in [5, 5.41) is 8.53. The molecular weight excluding hydrogens is 512 g/mol. The number of hydrogen-bond donors (Lipinski definition) is 0. The predicted octanol–water partition coefficient (Wildman–Crippen LogP) is 8.08. The Kier molecular flexibility index (Phi) is 8.27. The van der Waals surface area contributed by atoms with Gasteiger partial charge in [-0.3, -0.25) is 0 Å². The number of benzene rings is 3. The molecular formula is C34H45Si2Ti. The van der Waals surface area contributed by atoms with Crippen molar-refractivity contribution in [1.82, 2.24) is 0 Å². The molecule has 0 saturated carbocycles. The van der Waals surface area contributed by atoms with E-state index in [2.05, 4.69) is 138 Å². The minimum absolute atomic E-state index is 0.153.